The first kappa shape index (κ1) is 26.1. The van der Waals surface area contributed by atoms with Gasteiger partial charge in [-0.05, 0) is 85.9 Å². The number of rotatable bonds is 11. The standard InChI is InChI=1S/C29H36N2O4/c1-2-3-4-5-21-8-15-26(16-9-21)35-29(33)24-11-6-22(7-12-24)10-17-28(32)34-19-18-23-13-14-25(30)20-27(23)31/h2,6-7,10-14,17,20-21,26H,1,3-5,8-9,15-16,18-19,30-31H2/b17-10+. The van der Waals surface area contributed by atoms with Crippen LogP contribution in [0.5, 0.6) is 0 Å². The predicted octanol–water partition coefficient (Wildman–Crippen LogP) is 5.72. The lowest BCUT2D eigenvalue weighted by atomic mass is 9.84. The van der Waals surface area contributed by atoms with Crippen molar-refractivity contribution in [3.8, 4) is 0 Å². The van der Waals surface area contributed by atoms with Crippen molar-refractivity contribution in [1.82, 2.24) is 0 Å². The molecule has 2 aromatic carbocycles. The van der Waals surface area contributed by atoms with Gasteiger partial charge in [-0.2, -0.15) is 0 Å². The normalized spacial score (nSPS) is 17.7. The molecular weight excluding hydrogens is 440 g/mol. The molecule has 1 saturated carbocycles. The van der Waals surface area contributed by atoms with Crippen LogP contribution in [0.4, 0.5) is 11.4 Å². The van der Waals surface area contributed by atoms with Crippen LogP contribution in [-0.2, 0) is 20.7 Å². The van der Waals surface area contributed by atoms with Gasteiger partial charge in [0.15, 0.2) is 0 Å². The van der Waals surface area contributed by atoms with Gasteiger partial charge < -0.3 is 20.9 Å². The lowest BCUT2D eigenvalue weighted by Gasteiger charge is -2.28. The Balaban J connectivity index is 1.39. The van der Waals surface area contributed by atoms with E-state index in [0.29, 0.717) is 23.4 Å². The number of carbonyl (C=O) groups is 2. The third kappa shape index (κ3) is 8.63. The molecule has 4 N–H and O–H groups in total. The van der Waals surface area contributed by atoms with Gasteiger partial charge in [-0.25, -0.2) is 9.59 Å². The largest absolute Gasteiger partial charge is 0.462 e. The van der Waals surface area contributed by atoms with Crippen molar-refractivity contribution in [2.45, 2.75) is 57.5 Å². The molecule has 0 unspecified atom stereocenters. The van der Waals surface area contributed by atoms with Crippen LogP contribution >= 0.6 is 0 Å². The average molecular weight is 477 g/mol. The molecule has 1 aliphatic rings. The summed E-state index contributed by atoms with van der Waals surface area (Å²) < 4.78 is 11.0. The highest BCUT2D eigenvalue weighted by Gasteiger charge is 2.24. The van der Waals surface area contributed by atoms with Crippen molar-refractivity contribution in [2.24, 2.45) is 5.92 Å². The number of hydrogen-bond acceptors (Lipinski definition) is 6. The topological polar surface area (TPSA) is 105 Å². The lowest BCUT2D eigenvalue weighted by molar-refractivity contribution is -0.137. The summed E-state index contributed by atoms with van der Waals surface area (Å²) >= 11 is 0. The van der Waals surface area contributed by atoms with Gasteiger partial charge in [0, 0.05) is 23.9 Å². The number of hydrogen-bond donors (Lipinski definition) is 2. The fraction of sp³-hybridized carbons (Fsp3) is 0.379. The minimum Gasteiger partial charge on any atom is -0.462 e. The summed E-state index contributed by atoms with van der Waals surface area (Å²) in [7, 11) is 0. The third-order valence-corrected chi connectivity index (χ3v) is 6.43. The molecule has 0 saturated heterocycles. The second-order valence-electron chi connectivity index (χ2n) is 9.10. The SMILES string of the molecule is C=CCCCC1CCC(OC(=O)c2ccc(/C=C/C(=O)OCCc3ccc(N)cc3N)cc2)CC1. The van der Waals surface area contributed by atoms with E-state index < -0.39 is 5.97 Å². The van der Waals surface area contributed by atoms with Crippen LogP contribution in [-0.4, -0.2) is 24.6 Å². The zero-order valence-electron chi connectivity index (χ0n) is 20.3. The molecule has 0 heterocycles. The summed E-state index contributed by atoms with van der Waals surface area (Å²) in [5.41, 5.74) is 15.0. The van der Waals surface area contributed by atoms with Crippen LogP contribution in [0, 0.1) is 5.92 Å². The van der Waals surface area contributed by atoms with Crippen LogP contribution in [0.1, 0.15) is 66.4 Å². The number of nitrogen functional groups attached to an aromatic ring is 2. The van der Waals surface area contributed by atoms with Gasteiger partial charge in [-0.1, -0.05) is 30.7 Å². The van der Waals surface area contributed by atoms with Crippen molar-refractivity contribution in [2.75, 3.05) is 18.1 Å². The minimum absolute atomic E-state index is 0.00362. The van der Waals surface area contributed by atoms with Gasteiger partial charge in [0.25, 0.3) is 0 Å². The second-order valence-corrected chi connectivity index (χ2v) is 9.10. The maximum Gasteiger partial charge on any atom is 0.338 e. The third-order valence-electron chi connectivity index (χ3n) is 6.43. The Morgan fingerprint density at radius 3 is 2.46 bits per heavy atom. The summed E-state index contributed by atoms with van der Waals surface area (Å²) in [5, 5.41) is 0. The van der Waals surface area contributed by atoms with Crippen LogP contribution in [0.15, 0.2) is 61.2 Å². The van der Waals surface area contributed by atoms with Gasteiger partial charge in [-0.3, -0.25) is 0 Å². The molecular formula is C29H36N2O4. The van der Waals surface area contributed by atoms with E-state index in [1.807, 2.05) is 12.1 Å². The van der Waals surface area contributed by atoms with E-state index in [4.69, 9.17) is 20.9 Å². The Labute approximate surface area is 208 Å². The molecule has 0 radical (unpaired) electrons. The van der Waals surface area contributed by atoms with Crippen molar-refractivity contribution in [1.29, 1.82) is 0 Å². The second kappa shape index (κ2) is 13.4. The van der Waals surface area contributed by atoms with Crippen LogP contribution in [0.25, 0.3) is 6.08 Å². The highest BCUT2D eigenvalue weighted by molar-refractivity contribution is 5.90. The number of benzene rings is 2. The van der Waals surface area contributed by atoms with E-state index in [-0.39, 0.29) is 18.7 Å². The maximum absolute atomic E-state index is 12.5. The van der Waals surface area contributed by atoms with Gasteiger partial charge in [0.05, 0.1) is 12.2 Å². The van der Waals surface area contributed by atoms with Crippen LogP contribution in [0.3, 0.4) is 0 Å². The number of carbonyl (C=O) groups excluding carboxylic acids is 2. The Kier molecular flexibility index (Phi) is 9.96. The summed E-state index contributed by atoms with van der Waals surface area (Å²) in [5.74, 6) is -0.00177. The van der Waals surface area contributed by atoms with Gasteiger partial charge >= 0.3 is 11.9 Å². The zero-order chi connectivity index (χ0) is 25.0. The summed E-state index contributed by atoms with van der Waals surface area (Å²) in [4.78, 5) is 24.5. The number of allylic oxidation sites excluding steroid dienone is 1. The molecule has 0 spiro atoms. The number of esters is 2. The molecule has 6 heteroatoms. The van der Waals surface area contributed by atoms with E-state index >= 15 is 0 Å². The van der Waals surface area contributed by atoms with E-state index in [0.717, 1.165) is 49.1 Å². The molecule has 0 atom stereocenters. The summed E-state index contributed by atoms with van der Waals surface area (Å²) in [6, 6.07) is 12.3. The van der Waals surface area contributed by atoms with Crippen molar-refractivity contribution in [3.05, 3.63) is 77.9 Å². The van der Waals surface area contributed by atoms with Gasteiger partial charge in [-0.15, -0.1) is 6.58 Å². The molecule has 3 rings (SSSR count). The average Bonchev–Trinajstić information content (AvgIpc) is 2.85. The first-order valence-electron chi connectivity index (χ1n) is 12.3. The predicted molar refractivity (Wildman–Crippen MR) is 141 cm³/mol. The molecule has 2 aromatic rings. The molecule has 0 bridgehead atoms. The number of ether oxygens (including phenoxy) is 2. The van der Waals surface area contributed by atoms with Gasteiger partial charge in [0.1, 0.15) is 6.10 Å². The van der Waals surface area contributed by atoms with Crippen molar-refractivity contribution in [3.63, 3.8) is 0 Å². The number of unbranched alkanes of at least 4 members (excludes halogenated alkanes) is 1. The van der Waals surface area contributed by atoms with E-state index in [1.165, 1.54) is 18.9 Å². The number of nitrogens with two attached hydrogens (primary N) is 2. The summed E-state index contributed by atoms with van der Waals surface area (Å²) in [6.45, 7) is 4.00. The highest BCUT2D eigenvalue weighted by Crippen LogP contribution is 2.30. The van der Waals surface area contributed by atoms with Crippen molar-refractivity contribution < 1.29 is 19.1 Å². The monoisotopic (exact) mass is 476 g/mol. The molecule has 35 heavy (non-hydrogen) atoms. The Hall–Kier alpha value is -3.54. The van der Waals surface area contributed by atoms with Crippen LogP contribution in [0.2, 0.25) is 0 Å². The molecule has 0 amide bonds. The number of anilines is 2. The van der Waals surface area contributed by atoms with E-state index in [2.05, 4.69) is 6.58 Å². The van der Waals surface area contributed by atoms with Gasteiger partial charge in [0.2, 0.25) is 0 Å². The fourth-order valence-electron chi connectivity index (χ4n) is 4.35. The lowest BCUT2D eigenvalue weighted by Crippen LogP contribution is -2.24. The summed E-state index contributed by atoms with van der Waals surface area (Å²) in [6.07, 6.45) is 13.1. The highest BCUT2D eigenvalue weighted by atomic mass is 16.5. The smallest absolute Gasteiger partial charge is 0.338 e. The Bertz CT molecular complexity index is 1020. The molecule has 0 aliphatic heterocycles. The zero-order valence-corrected chi connectivity index (χ0v) is 20.3. The quantitative estimate of drug-likeness (QED) is 0.141. The Morgan fingerprint density at radius 1 is 1.03 bits per heavy atom. The first-order chi connectivity index (χ1) is 16.9. The molecule has 0 aromatic heterocycles. The maximum atomic E-state index is 12.5. The molecule has 1 fully saturated rings. The molecule has 186 valence electrons. The molecule has 1 aliphatic carbocycles. The Morgan fingerprint density at radius 2 is 1.77 bits per heavy atom. The van der Waals surface area contributed by atoms with E-state index in [1.54, 1.807) is 42.5 Å². The van der Waals surface area contributed by atoms with E-state index in [9.17, 15) is 9.59 Å². The first-order valence-corrected chi connectivity index (χ1v) is 12.3. The molecule has 6 nitrogen and oxygen atoms in total. The fourth-order valence-corrected chi connectivity index (χ4v) is 4.35. The van der Waals surface area contributed by atoms with Crippen molar-refractivity contribution >= 4 is 29.4 Å². The minimum atomic E-state index is -0.442. The van der Waals surface area contributed by atoms with Crippen LogP contribution < -0.4 is 11.5 Å².